The van der Waals surface area contributed by atoms with Gasteiger partial charge in [0.05, 0.1) is 5.56 Å². The number of aromatic carboxylic acids is 1. The van der Waals surface area contributed by atoms with Gasteiger partial charge in [-0.1, -0.05) is 45.9 Å². The zero-order chi connectivity index (χ0) is 15.8. The molecule has 1 aromatic rings. The quantitative estimate of drug-likeness (QED) is 0.738. The number of nitrogens with zero attached hydrogens (tertiary/aromatic N) is 1. The lowest BCUT2D eigenvalue weighted by atomic mass is 10.0. The molecule has 0 aliphatic rings. The molecule has 21 heavy (non-hydrogen) atoms. The van der Waals surface area contributed by atoms with Gasteiger partial charge in [-0.25, -0.2) is 4.79 Å². The Morgan fingerprint density at radius 3 is 2.05 bits per heavy atom. The number of benzene rings is 1. The normalized spacial score (nSPS) is 11.6. The molecule has 0 fully saturated rings. The second kappa shape index (κ2) is 8.83. The van der Waals surface area contributed by atoms with Gasteiger partial charge < -0.3 is 5.11 Å². The first-order valence-electron chi connectivity index (χ1n) is 7.93. The van der Waals surface area contributed by atoms with Crippen LogP contribution in [0, 0.1) is 11.8 Å². The number of hydrogen-bond acceptors (Lipinski definition) is 2. The Labute approximate surface area is 129 Å². The molecular formula is C18H29NO2. The van der Waals surface area contributed by atoms with Gasteiger partial charge in [0.1, 0.15) is 0 Å². The van der Waals surface area contributed by atoms with Gasteiger partial charge in [0.2, 0.25) is 0 Å². The van der Waals surface area contributed by atoms with Gasteiger partial charge in [0.25, 0.3) is 0 Å². The average Bonchev–Trinajstić information content (AvgIpc) is 2.41. The standard InChI is InChI=1S/C18H29NO2/c1-14(2)9-11-19(12-10-15(3)4)13-16-7-5-6-8-17(16)18(20)21/h5-8,14-15H,9-13H2,1-4H3,(H,20,21). The maximum absolute atomic E-state index is 11.3. The lowest BCUT2D eigenvalue weighted by molar-refractivity contribution is 0.0694. The van der Waals surface area contributed by atoms with Gasteiger partial charge in [-0.15, -0.1) is 0 Å². The van der Waals surface area contributed by atoms with Gasteiger partial charge >= 0.3 is 5.97 Å². The van der Waals surface area contributed by atoms with Crippen molar-refractivity contribution in [1.82, 2.24) is 4.90 Å². The zero-order valence-electron chi connectivity index (χ0n) is 13.8. The first kappa shape index (κ1) is 17.7. The fourth-order valence-corrected chi connectivity index (χ4v) is 2.26. The summed E-state index contributed by atoms with van der Waals surface area (Å²) in [5, 5.41) is 9.30. The van der Waals surface area contributed by atoms with Crippen LogP contribution in [0.4, 0.5) is 0 Å². The third kappa shape index (κ3) is 6.76. The Morgan fingerprint density at radius 1 is 1.05 bits per heavy atom. The van der Waals surface area contributed by atoms with Gasteiger partial charge in [-0.05, 0) is 49.4 Å². The monoisotopic (exact) mass is 291 g/mol. The first-order chi connectivity index (χ1) is 9.90. The van der Waals surface area contributed by atoms with Crippen LogP contribution in [-0.4, -0.2) is 29.1 Å². The van der Waals surface area contributed by atoms with Crippen LogP contribution >= 0.6 is 0 Å². The molecular weight excluding hydrogens is 262 g/mol. The van der Waals surface area contributed by atoms with Crippen LogP contribution in [0.15, 0.2) is 24.3 Å². The molecule has 0 saturated heterocycles. The van der Waals surface area contributed by atoms with Crippen molar-refractivity contribution < 1.29 is 9.90 Å². The van der Waals surface area contributed by atoms with Crippen LogP contribution in [0.5, 0.6) is 0 Å². The number of carboxylic acid groups (broad SMARTS) is 1. The van der Waals surface area contributed by atoms with Crippen LogP contribution in [-0.2, 0) is 6.54 Å². The molecule has 0 saturated carbocycles. The fourth-order valence-electron chi connectivity index (χ4n) is 2.26. The topological polar surface area (TPSA) is 40.5 Å². The van der Waals surface area contributed by atoms with Crippen molar-refractivity contribution in [2.24, 2.45) is 11.8 Å². The second-order valence-corrected chi connectivity index (χ2v) is 6.60. The number of rotatable bonds is 9. The number of carbonyl (C=O) groups is 1. The van der Waals surface area contributed by atoms with Crippen LogP contribution in [0.2, 0.25) is 0 Å². The third-order valence-electron chi connectivity index (χ3n) is 3.69. The molecule has 0 spiro atoms. The average molecular weight is 291 g/mol. The molecule has 0 radical (unpaired) electrons. The molecule has 0 atom stereocenters. The summed E-state index contributed by atoms with van der Waals surface area (Å²) in [4.78, 5) is 13.7. The molecule has 1 aromatic carbocycles. The van der Waals surface area contributed by atoms with E-state index in [-0.39, 0.29) is 0 Å². The highest BCUT2D eigenvalue weighted by Crippen LogP contribution is 2.15. The van der Waals surface area contributed by atoms with Crippen molar-refractivity contribution in [3.8, 4) is 0 Å². The van der Waals surface area contributed by atoms with E-state index in [9.17, 15) is 9.90 Å². The molecule has 0 aliphatic heterocycles. The highest BCUT2D eigenvalue weighted by atomic mass is 16.4. The van der Waals surface area contributed by atoms with Crippen molar-refractivity contribution in [3.63, 3.8) is 0 Å². The molecule has 0 heterocycles. The van der Waals surface area contributed by atoms with Gasteiger partial charge in [-0.3, -0.25) is 4.90 Å². The molecule has 0 amide bonds. The third-order valence-corrected chi connectivity index (χ3v) is 3.69. The zero-order valence-corrected chi connectivity index (χ0v) is 13.8. The highest BCUT2D eigenvalue weighted by molar-refractivity contribution is 5.89. The van der Waals surface area contributed by atoms with E-state index >= 15 is 0 Å². The molecule has 0 aliphatic carbocycles. The summed E-state index contributed by atoms with van der Waals surface area (Å²) >= 11 is 0. The van der Waals surface area contributed by atoms with Crippen LogP contribution in [0.3, 0.4) is 0 Å². The van der Waals surface area contributed by atoms with Crippen molar-refractivity contribution in [2.45, 2.75) is 47.1 Å². The lowest BCUT2D eigenvalue weighted by Crippen LogP contribution is -2.28. The molecule has 0 unspecified atom stereocenters. The fraction of sp³-hybridized carbons (Fsp3) is 0.611. The van der Waals surface area contributed by atoms with E-state index in [0.717, 1.165) is 38.0 Å². The summed E-state index contributed by atoms with van der Waals surface area (Å²) in [6.07, 6.45) is 2.29. The molecule has 1 N–H and O–H groups in total. The smallest absolute Gasteiger partial charge is 0.336 e. The minimum absolute atomic E-state index is 0.427. The SMILES string of the molecule is CC(C)CCN(CCC(C)C)Cc1ccccc1C(=O)O. The molecule has 3 nitrogen and oxygen atoms in total. The van der Waals surface area contributed by atoms with Gasteiger partial charge in [0.15, 0.2) is 0 Å². The minimum Gasteiger partial charge on any atom is -0.478 e. The van der Waals surface area contributed by atoms with Crippen molar-refractivity contribution in [3.05, 3.63) is 35.4 Å². The predicted octanol–water partition coefficient (Wildman–Crippen LogP) is 4.28. The summed E-state index contributed by atoms with van der Waals surface area (Å²) < 4.78 is 0. The van der Waals surface area contributed by atoms with Crippen molar-refractivity contribution in [1.29, 1.82) is 0 Å². The van der Waals surface area contributed by atoms with E-state index in [2.05, 4.69) is 32.6 Å². The van der Waals surface area contributed by atoms with Crippen molar-refractivity contribution in [2.75, 3.05) is 13.1 Å². The van der Waals surface area contributed by atoms with E-state index < -0.39 is 5.97 Å². The Hall–Kier alpha value is -1.35. The predicted molar refractivity (Wildman–Crippen MR) is 87.6 cm³/mol. The van der Waals surface area contributed by atoms with E-state index in [1.165, 1.54) is 0 Å². The van der Waals surface area contributed by atoms with Gasteiger partial charge in [-0.2, -0.15) is 0 Å². The summed E-state index contributed by atoms with van der Waals surface area (Å²) in [5.74, 6) is 0.501. The van der Waals surface area contributed by atoms with E-state index in [1.807, 2.05) is 12.1 Å². The Kier molecular flexibility index (Phi) is 7.44. The molecule has 1 rings (SSSR count). The molecule has 0 aromatic heterocycles. The minimum atomic E-state index is -0.835. The highest BCUT2D eigenvalue weighted by Gasteiger charge is 2.13. The second-order valence-electron chi connectivity index (χ2n) is 6.60. The maximum atomic E-state index is 11.3. The van der Waals surface area contributed by atoms with E-state index in [0.29, 0.717) is 17.4 Å². The largest absolute Gasteiger partial charge is 0.478 e. The van der Waals surface area contributed by atoms with Crippen molar-refractivity contribution >= 4 is 5.97 Å². The van der Waals surface area contributed by atoms with Crippen LogP contribution in [0.25, 0.3) is 0 Å². The molecule has 3 heteroatoms. The Bertz CT molecular complexity index is 429. The van der Waals surface area contributed by atoms with E-state index in [1.54, 1.807) is 12.1 Å². The Morgan fingerprint density at radius 2 is 1.57 bits per heavy atom. The summed E-state index contributed by atoms with van der Waals surface area (Å²) in [6, 6.07) is 7.34. The number of carboxylic acids is 1. The summed E-state index contributed by atoms with van der Waals surface area (Å²) in [5.41, 5.74) is 1.34. The van der Waals surface area contributed by atoms with Gasteiger partial charge in [0, 0.05) is 6.54 Å². The first-order valence-corrected chi connectivity index (χ1v) is 7.93. The molecule has 118 valence electrons. The Balaban J connectivity index is 2.76. The summed E-state index contributed by atoms with van der Waals surface area (Å²) in [6.45, 7) is 11.7. The van der Waals surface area contributed by atoms with E-state index in [4.69, 9.17) is 0 Å². The summed E-state index contributed by atoms with van der Waals surface area (Å²) in [7, 11) is 0. The number of hydrogen-bond donors (Lipinski definition) is 1. The maximum Gasteiger partial charge on any atom is 0.336 e. The van der Waals surface area contributed by atoms with Crippen LogP contribution < -0.4 is 0 Å². The lowest BCUT2D eigenvalue weighted by Gasteiger charge is -2.25. The van der Waals surface area contributed by atoms with Crippen LogP contribution in [0.1, 0.15) is 56.5 Å². The molecule has 0 bridgehead atoms.